The van der Waals surface area contributed by atoms with Crippen molar-refractivity contribution >= 4 is 5.78 Å². The minimum Gasteiger partial charge on any atom is -0.321 e. The summed E-state index contributed by atoms with van der Waals surface area (Å²) in [6.07, 6.45) is 3.33. The molecular weight excluding hydrogens is 186 g/mol. The standard InChI is InChI=1S/C13H25NO/c1-8(2)10-5-6-11(7-10)13(15)12(14)9(3)4/h8-12H,5-7,14H2,1-4H3/t10-,11?,12+/m1/s1. The molecule has 3 atom stereocenters. The predicted octanol–water partition coefficient (Wildman–Crippen LogP) is 2.61. The van der Waals surface area contributed by atoms with Gasteiger partial charge in [-0.1, -0.05) is 27.7 Å². The van der Waals surface area contributed by atoms with Gasteiger partial charge in [0.2, 0.25) is 0 Å². The van der Waals surface area contributed by atoms with Crippen LogP contribution in [0.2, 0.25) is 0 Å². The molecule has 0 spiro atoms. The van der Waals surface area contributed by atoms with Gasteiger partial charge in [0.1, 0.15) is 0 Å². The van der Waals surface area contributed by atoms with Crippen LogP contribution in [0.1, 0.15) is 47.0 Å². The molecule has 0 heterocycles. The second-order valence-electron chi connectivity index (χ2n) is 5.69. The zero-order chi connectivity index (χ0) is 11.6. The Labute approximate surface area is 93.6 Å². The summed E-state index contributed by atoms with van der Waals surface area (Å²) >= 11 is 0. The molecule has 1 fully saturated rings. The third-order valence-electron chi connectivity index (χ3n) is 3.87. The van der Waals surface area contributed by atoms with Gasteiger partial charge < -0.3 is 5.73 Å². The van der Waals surface area contributed by atoms with Crippen molar-refractivity contribution in [2.75, 3.05) is 0 Å². The summed E-state index contributed by atoms with van der Waals surface area (Å²) < 4.78 is 0. The van der Waals surface area contributed by atoms with Crippen LogP contribution in [-0.2, 0) is 4.79 Å². The monoisotopic (exact) mass is 211 g/mol. The number of carbonyl (C=O) groups excluding carboxylic acids is 1. The third-order valence-corrected chi connectivity index (χ3v) is 3.87. The van der Waals surface area contributed by atoms with E-state index < -0.39 is 0 Å². The first-order valence-electron chi connectivity index (χ1n) is 6.22. The molecule has 15 heavy (non-hydrogen) atoms. The molecule has 1 rings (SSSR count). The van der Waals surface area contributed by atoms with Crippen molar-refractivity contribution < 1.29 is 4.79 Å². The lowest BCUT2D eigenvalue weighted by molar-refractivity contribution is -0.124. The first-order chi connectivity index (χ1) is 6.93. The number of rotatable bonds is 4. The second kappa shape index (κ2) is 5.11. The largest absolute Gasteiger partial charge is 0.321 e. The molecule has 0 saturated heterocycles. The highest BCUT2D eigenvalue weighted by Crippen LogP contribution is 2.36. The van der Waals surface area contributed by atoms with E-state index >= 15 is 0 Å². The summed E-state index contributed by atoms with van der Waals surface area (Å²) in [5.74, 6) is 2.26. The zero-order valence-electron chi connectivity index (χ0n) is 10.5. The van der Waals surface area contributed by atoms with E-state index in [-0.39, 0.29) is 17.9 Å². The predicted molar refractivity (Wildman–Crippen MR) is 63.5 cm³/mol. The summed E-state index contributed by atoms with van der Waals surface area (Å²) in [7, 11) is 0. The number of ketones is 1. The Bertz CT molecular complexity index is 223. The molecule has 0 aromatic rings. The molecule has 0 radical (unpaired) electrons. The van der Waals surface area contributed by atoms with Crippen molar-refractivity contribution in [3.8, 4) is 0 Å². The van der Waals surface area contributed by atoms with Crippen LogP contribution in [0, 0.1) is 23.7 Å². The van der Waals surface area contributed by atoms with E-state index in [0.29, 0.717) is 11.7 Å². The molecule has 1 aliphatic rings. The van der Waals surface area contributed by atoms with E-state index in [9.17, 15) is 4.79 Å². The van der Waals surface area contributed by atoms with E-state index in [0.717, 1.165) is 18.8 Å². The molecule has 88 valence electrons. The maximum absolute atomic E-state index is 12.0. The maximum Gasteiger partial charge on any atom is 0.152 e. The number of nitrogens with two attached hydrogens (primary N) is 1. The Morgan fingerprint density at radius 1 is 1.20 bits per heavy atom. The molecule has 2 nitrogen and oxygen atoms in total. The molecule has 1 saturated carbocycles. The van der Waals surface area contributed by atoms with Gasteiger partial charge in [-0.05, 0) is 37.0 Å². The van der Waals surface area contributed by atoms with Crippen LogP contribution in [-0.4, -0.2) is 11.8 Å². The van der Waals surface area contributed by atoms with E-state index in [1.165, 1.54) is 6.42 Å². The van der Waals surface area contributed by atoms with Gasteiger partial charge >= 0.3 is 0 Å². The van der Waals surface area contributed by atoms with Crippen LogP contribution >= 0.6 is 0 Å². The Morgan fingerprint density at radius 2 is 1.80 bits per heavy atom. The van der Waals surface area contributed by atoms with E-state index in [4.69, 9.17) is 5.73 Å². The number of hydrogen-bond donors (Lipinski definition) is 1. The highest BCUT2D eigenvalue weighted by molar-refractivity contribution is 5.86. The van der Waals surface area contributed by atoms with Gasteiger partial charge in [0, 0.05) is 5.92 Å². The zero-order valence-corrected chi connectivity index (χ0v) is 10.5. The molecule has 1 aliphatic carbocycles. The quantitative estimate of drug-likeness (QED) is 0.776. The lowest BCUT2D eigenvalue weighted by Crippen LogP contribution is -2.39. The van der Waals surface area contributed by atoms with Gasteiger partial charge in [-0.25, -0.2) is 0 Å². The van der Waals surface area contributed by atoms with Gasteiger partial charge in [-0.3, -0.25) is 4.79 Å². The van der Waals surface area contributed by atoms with Crippen LogP contribution in [0.25, 0.3) is 0 Å². The fraction of sp³-hybridized carbons (Fsp3) is 0.923. The summed E-state index contributed by atoms with van der Waals surface area (Å²) in [4.78, 5) is 12.0. The van der Waals surface area contributed by atoms with Crippen LogP contribution < -0.4 is 5.73 Å². The second-order valence-corrected chi connectivity index (χ2v) is 5.69. The number of hydrogen-bond acceptors (Lipinski definition) is 2. The first-order valence-corrected chi connectivity index (χ1v) is 6.22. The van der Waals surface area contributed by atoms with Crippen molar-refractivity contribution in [1.29, 1.82) is 0 Å². The molecule has 1 unspecified atom stereocenters. The van der Waals surface area contributed by atoms with Gasteiger partial charge in [0.05, 0.1) is 6.04 Å². The van der Waals surface area contributed by atoms with Crippen LogP contribution in [0.5, 0.6) is 0 Å². The first kappa shape index (κ1) is 12.7. The van der Waals surface area contributed by atoms with Crippen molar-refractivity contribution in [2.24, 2.45) is 29.4 Å². The van der Waals surface area contributed by atoms with Gasteiger partial charge in [-0.15, -0.1) is 0 Å². The molecule has 0 aromatic heterocycles. The minimum absolute atomic E-state index is 0.245. The molecular formula is C13H25NO. The molecule has 0 amide bonds. The highest BCUT2D eigenvalue weighted by atomic mass is 16.1. The Balaban J connectivity index is 2.50. The topological polar surface area (TPSA) is 43.1 Å². The minimum atomic E-state index is -0.249. The van der Waals surface area contributed by atoms with Crippen molar-refractivity contribution in [2.45, 2.75) is 53.0 Å². The van der Waals surface area contributed by atoms with Crippen molar-refractivity contribution in [3.05, 3.63) is 0 Å². The van der Waals surface area contributed by atoms with Gasteiger partial charge in [-0.2, -0.15) is 0 Å². The number of Topliss-reactive ketones (excluding diaryl/α,β-unsaturated/α-hetero) is 1. The van der Waals surface area contributed by atoms with E-state index in [2.05, 4.69) is 13.8 Å². The summed E-state index contributed by atoms with van der Waals surface area (Å²) in [5.41, 5.74) is 5.91. The summed E-state index contributed by atoms with van der Waals surface area (Å²) in [6.45, 7) is 8.55. The van der Waals surface area contributed by atoms with E-state index in [1.54, 1.807) is 0 Å². The Kier molecular flexibility index (Phi) is 4.32. The SMILES string of the molecule is CC(C)[C@@H]1CCC(C(=O)[C@@H](N)C(C)C)C1. The fourth-order valence-electron chi connectivity index (χ4n) is 2.48. The number of carbonyl (C=O) groups is 1. The summed E-state index contributed by atoms with van der Waals surface area (Å²) in [5, 5.41) is 0. The lowest BCUT2D eigenvalue weighted by atomic mass is 9.88. The fourth-order valence-corrected chi connectivity index (χ4v) is 2.48. The molecule has 0 bridgehead atoms. The van der Waals surface area contributed by atoms with Gasteiger partial charge in [0.15, 0.2) is 5.78 Å². The maximum atomic E-state index is 12.0. The molecule has 0 aromatic carbocycles. The van der Waals surface area contributed by atoms with Crippen LogP contribution in [0.3, 0.4) is 0 Å². The highest BCUT2D eigenvalue weighted by Gasteiger charge is 2.34. The Morgan fingerprint density at radius 3 is 2.20 bits per heavy atom. The van der Waals surface area contributed by atoms with Crippen LogP contribution in [0.15, 0.2) is 0 Å². The molecule has 2 N–H and O–H groups in total. The smallest absolute Gasteiger partial charge is 0.152 e. The van der Waals surface area contributed by atoms with Crippen molar-refractivity contribution in [3.63, 3.8) is 0 Å². The third kappa shape index (κ3) is 3.04. The lowest BCUT2D eigenvalue weighted by Gasteiger charge is -2.19. The average Bonchev–Trinajstić information content (AvgIpc) is 2.64. The summed E-state index contributed by atoms with van der Waals surface area (Å²) in [6, 6.07) is -0.249. The Hall–Kier alpha value is -0.370. The normalized spacial score (nSPS) is 28.7. The molecule has 2 heteroatoms. The van der Waals surface area contributed by atoms with E-state index in [1.807, 2.05) is 13.8 Å². The van der Waals surface area contributed by atoms with Crippen LogP contribution in [0.4, 0.5) is 0 Å². The molecule has 0 aliphatic heterocycles. The van der Waals surface area contributed by atoms with Gasteiger partial charge in [0.25, 0.3) is 0 Å². The average molecular weight is 211 g/mol. The van der Waals surface area contributed by atoms with Crippen molar-refractivity contribution in [1.82, 2.24) is 0 Å².